The van der Waals surface area contributed by atoms with Crippen LogP contribution in [0.5, 0.6) is 0 Å². The maximum Gasteiger partial charge on any atom is 0.323 e. The van der Waals surface area contributed by atoms with Crippen LogP contribution in [-0.2, 0) is 19.1 Å². The molecule has 0 fully saturated rings. The van der Waals surface area contributed by atoms with Crippen LogP contribution in [0.25, 0.3) is 0 Å². The summed E-state index contributed by atoms with van der Waals surface area (Å²) in [5.74, 6) is -0.0757. The van der Waals surface area contributed by atoms with Gasteiger partial charge in [-0.25, -0.2) is 0 Å². The minimum atomic E-state index is -0.226. The van der Waals surface area contributed by atoms with E-state index in [1.807, 2.05) is 0 Å². The first kappa shape index (κ1) is 49.9. The van der Waals surface area contributed by atoms with Crippen LogP contribution in [0.2, 0.25) is 0 Å². The summed E-state index contributed by atoms with van der Waals surface area (Å²) in [5.41, 5.74) is 0. The molecule has 0 saturated carbocycles. The number of carbonyl (C=O) groups is 2. The van der Waals surface area contributed by atoms with E-state index in [1.54, 1.807) is 0 Å². The van der Waals surface area contributed by atoms with Crippen LogP contribution in [0.1, 0.15) is 240 Å². The largest absolute Gasteiger partial charge is 0.466 e. The SMILES string of the molecule is CCCCCCCCCOC(=O)CCCCCCCN(CCCO)C(CCCCCC)C(=O)OC(CCCCCCCC)CCCCCCCC. The molecule has 6 nitrogen and oxygen atoms in total. The average Bonchev–Trinajstić information content (AvgIpc) is 3.13. The zero-order valence-electron chi connectivity index (χ0n) is 34.8. The molecule has 1 atom stereocenters. The summed E-state index contributed by atoms with van der Waals surface area (Å²) in [4.78, 5) is 28.5. The summed E-state index contributed by atoms with van der Waals surface area (Å²) in [6.07, 6.45) is 37.4. The second kappa shape index (κ2) is 40.1. The molecule has 0 aliphatic rings. The normalized spacial score (nSPS) is 12.2. The number of rotatable bonds is 41. The topological polar surface area (TPSA) is 76.1 Å². The number of unbranched alkanes of at least 4 members (excludes halogenated alkanes) is 23. The molecular formula is C45H89NO5. The molecule has 0 aliphatic heterocycles. The first-order valence-corrected chi connectivity index (χ1v) is 22.7. The first-order chi connectivity index (χ1) is 25.0. The molecule has 6 heteroatoms. The fourth-order valence-corrected chi connectivity index (χ4v) is 7.15. The summed E-state index contributed by atoms with van der Waals surface area (Å²) >= 11 is 0. The Morgan fingerprint density at radius 2 is 0.902 bits per heavy atom. The molecule has 0 spiro atoms. The second-order valence-electron chi connectivity index (χ2n) is 15.5. The Kier molecular flexibility index (Phi) is 39.2. The number of hydrogen-bond donors (Lipinski definition) is 1. The minimum absolute atomic E-state index is 0.0231. The van der Waals surface area contributed by atoms with E-state index in [9.17, 15) is 14.7 Å². The van der Waals surface area contributed by atoms with E-state index in [0.717, 1.165) is 103 Å². The molecule has 0 rings (SSSR count). The standard InChI is InChI=1S/C45H89NO5/c1-5-9-13-17-20-26-32-41-50-44(48)37-30-24-21-25-31-38-46(39-33-40-47)43(36-29-16-12-8-4)45(49)51-42(34-27-22-18-14-10-6-2)35-28-23-19-15-11-7-3/h42-43,47H,5-41H2,1-4H3. The lowest BCUT2D eigenvalue weighted by Crippen LogP contribution is -2.44. The third kappa shape index (κ3) is 33.2. The van der Waals surface area contributed by atoms with Gasteiger partial charge in [-0.3, -0.25) is 14.5 Å². The molecule has 1 N–H and O–H groups in total. The zero-order valence-corrected chi connectivity index (χ0v) is 34.8. The summed E-state index contributed by atoms with van der Waals surface area (Å²) in [6, 6.07) is -0.226. The molecule has 1 unspecified atom stereocenters. The molecule has 0 saturated heterocycles. The molecule has 0 bridgehead atoms. The van der Waals surface area contributed by atoms with Crippen LogP contribution in [-0.4, -0.2) is 60.4 Å². The van der Waals surface area contributed by atoms with Crippen molar-refractivity contribution in [2.75, 3.05) is 26.3 Å². The van der Waals surface area contributed by atoms with Crippen LogP contribution in [0, 0.1) is 0 Å². The summed E-state index contributed by atoms with van der Waals surface area (Å²) in [5, 5.41) is 9.73. The van der Waals surface area contributed by atoms with Crippen molar-refractivity contribution < 1.29 is 24.2 Å². The lowest BCUT2D eigenvalue weighted by Gasteiger charge is -2.32. The Balaban J connectivity index is 4.95. The highest BCUT2D eigenvalue weighted by molar-refractivity contribution is 5.76. The molecule has 0 heterocycles. The van der Waals surface area contributed by atoms with Crippen LogP contribution >= 0.6 is 0 Å². The Labute approximate surface area is 318 Å². The Morgan fingerprint density at radius 1 is 0.490 bits per heavy atom. The molecule has 0 aromatic heterocycles. The second-order valence-corrected chi connectivity index (χ2v) is 15.5. The highest BCUT2D eigenvalue weighted by Gasteiger charge is 2.28. The van der Waals surface area contributed by atoms with Crippen molar-refractivity contribution in [1.82, 2.24) is 4.90 Å². The minimum Gasteiger partial charge on any atom is -0.466 e. The van der Waals surface area contributed by atoms with E-state index >= 15 is 0 Å². The van der Waals surface area contributed by atoms with Crippen molar-refractivity contribution in [2.45, 2.75) is 252 Å². The van der Waals surface area contributed by atoms with Gasteiger partial charge < -0.3 is 14.6 Å². The smallest absolute Gasteiger partial charge is 0.323 e. The number of aliphatic hydroxyl groups is 1. The Bertz CT molecular complexity index is 715. The predicted molar refractivity (Wildman–Crippen MR) is 218 cm³/mol. The molecule has 0 aromatic rings. The van der Waals surface area contributed by atoms with Gasteiger partial charge >= 0.3 is 11.9 Å². The molecule has 51 heavy (non-hydrogen) atoms. The van der Waals surface area contributed by atoms with Crippen LogP contribution in [0.15, 0.2) is 0 Å². The molecule has 0 radical (unpaired) electrons. The van der Waals surface area contributed by atoms with E-state index in [0.29, 0.717) is 19.4 Å². The maximum atomic E-state index is 14.0. The Hall–Kier alpha value is -1.14. The fraction of sp³-hybridized carbons (Fsp3) is 0.956. The van der Waals surface area contributed by atoms with Crippen LogP contribution < -0.4 is 0 Å². The molecule has 0 amide bonds. The van der Waals surface area contributed by atoms with Crippen molar-refractivity contribution in [1.29, 1.82) is 0 Å². The van der Waals surface area contributed by atoms with Crippen molar-refractivity contribution in [3.05, 3.63) is 0 Å². The van der Waals surface area contributed by atoms with Gasteiger partial charge in [0, 0.05) is 19.6 Å². The fourth-order valence-electron chi connectivity index (χ4n) is 7.15. The van der Waals surface area contributed by atoms with Gasteiger partial charge in [-0.05, 0) is 64.3 Å². The molecule has 304 valence electrons. The van der Waals surface area contributed by atoms with E-state index in [2.05, 4.69) is 32.6 Å². The number of carbonyl (C=O) groups excluding carboxylic acids is 2. The van der Waals surface area contributed by atoms with Gasteiger partial charge in [-0.1, -0.05) is 175 Å². The van der Waals surface area contributed by atoms with E-state index < -0.39 is 0 Å². The zero-order chi connectivity index (χ0) is 37.5. The van der Waals surface area contributed by atoms with Gasteiger partial charge in [0.2, 0.25) is 0 Å². The number of hydrogen-bond acceptors (Lipinski definition) is 6. The summed E-state index contributed by atoms with van der Waals surface area (Å²) in [6.45, 7) is 11.3. The van der Waals surface area contributed by atoms with Gasteiger partial charge in [0.25, 0.3) is 0 Å². The highest BCUT2D eigenvalue weighted by atomic mass is 16.5. The third-order valence-electron chi connectivity index (χ3n) is 10.5. The first-order valence-electron chi connectivity index (χ1n) is 22.7. The summed E-state index contributed by atoms with van der Waals surface area (Å²) in [7, 11) is 0. The number of esters is 2. The van der Waals surface area contributed by atoms with Crippen LogP contribution in [0.3, 0.4) is 0 Å². The van der Waals surface area contributed by atoms with E-state index in [1.165, 1.54) is 109 Å². The maximum absolute atomic E-state index is 14.0. The monoisotopic (exact) mass is 724 g/mol. The third-order valence-corrected chi connectivity index (χ3v) is 10.5. The number of aliphatic hydroxyl groups excluding tert-OH is 1. The number of nitrogens with zero attached hydrogens (tertiary/aromatic N) is 1. The van der Waals surface area contributed by atoms with E-state index in [-0.39, 0.29) is 30.7 Å². The molecular weight excluding hydrogens is 634 g/mol. The Morgan fingerprint density at radius 3 is 1.43 bits per heavy atom. The quantitative estimate of drug-likeness (QED) is 0.0500. The van der Waals surface area contributed by atoms with Crippen molar-refractivity contribution >= 4 is 11.9 Å². The van der Waals surface area contributed by atoms with Crippen molar-refractivity contribution in [3.8, 4) is 0 Å². The van der Waals surface area contributed by atoms with Gasteiger partial charge in [0.1, 0.15) is 12.1 Å². The van der Waals surface area contributed by atoms with Crippen molar-refractivity contribution in [3.63, 3.8) is 0 Å². The van der Waals surface area contributed by atoms with Crippen LogP contribution in [0.4, 0.5) is 0 Å². The lowest BCUT2D eigenvalue weighted by molar-refractivity contribution is -0.157. The average molecular weight is 724 g/mol. The van der Waals surface area contributed by atoms with E-state index in [4.69, 9.17) is 9.47 Å². The highest BCUT2D eigenvalue weighted by Crippen LogP contribution is 2.21. The lowest BCUT2D eigenvalue weighted by atomic mass is 10.0. The molecule has 0 aliphatic carbocycles. The van der Waals surface area contributed by atoms with Gasteiger partial charge in [0.15, 0.2) is 0 Å². The van der Waals surface area contributed by atoms with Gasteiger partial charge in [-0.2, -0.15) is 0 Å². The predicted octanol–water partition coefficient (Wildman–Crippen LogP) is 13.1. The summed E-state index contributed by atoms with van der Waals surface area (Å²) < 4.78 is 11.9. The molecule has 0 aromatic carbocycles. The van der Waals surface area contributed by atoms with Gasteiger partial charge in [-0.15, -0.1) is 0 Å². The van der Waals surface area contributed by atoms with Crippen molar-refractivity contribution in [2.24, 2.45) is 0 Å². The number of ether oxygens (including phenoxy) is 2. The van der Waals surface area contributed by atoms with Gasteiger partial charge in [0.05, 0.1) is 6.61 Å².